The van der Waals surface area contributed by atoms with E-state index in [0.717, 1.165) is 31.9 Å². The third kappa shape index (κ3) is 3.50. The largest absolute Gasteiger partial charge is 0.313 e. The summed E-state index contributed by atoms with van der Waals surface area (Å²) in [4.78, 5) is 10.2. The zero-order chi connectivity index (χ0) is 14.7. The number of nitro benzene ring substituents is 1. The predicted molar refractivity (Wildman–Crippen MR) is 71.5 cm³/mol. The number of rotatable bonds is 7. The average Bonchev–Trinajstić information content (AvgIpc) is 3.17. The van der Waals surface area contributed by atoms with Crippen LogP contribution in [0.3, 0.4) is 0 Å². The summed E-state index contributed by atoms with van der Waals surface area (Å²) in [6.07, 6.45) is 3.36. The second-order valence-corrected chi connectivity index (χ2v) is 5.25. The highest BCUT2D eigenvalue weighted by atomic mass is 19.1. The SMILES string of the molecule is CCCNC(Cc1cc(F)cc(F)c1[N+](=O)[O-])C1CC1. The molecule has 4 nitrogen and oxygen atoms in total. The Hall–Kier alpha value is -1.56. The molecule has 1 saturated carbocycles. The molecule has 1 atom stereocenters. The van der Waals surface area contributed by atoms with Crippen LogP contribution in [0.1, 0.15) is 31.7 Å². The zero-order valence-corrected chi connectivity index (χ0v) is 11.4. The maximum absolute atomic E-state index is 13.6. The number of hydrogen-bond donors (Lipinski definition) is 1. The van der Waals surface area contributed by atoms with Crippen LogP contribution in [0.5, 0.6) is 0 Å². The molecule has 0 aliphatic heterocycles. The second kappa shape index (κ2) is 6.26. The van der Waals surface area contributed by atoms with Gasteiger partial charge in [0.2, 0.25) is 5.82 Å². The van der Waals surface area contributed by atoms with Gasteiger partial charge in [0.05, 0.1) is 4.92 Å². The molecule has 0 aromatic heterocycles. The summed E-state index contributed by atoms with van der Waals surface area (Å²) < 4.78 is 26.9. The van der Waals surface area contributed by atoms with Crippen LogP contribution < -0.4 is 5.32 Å². The Labute approximate surface area is 116 Å². The van der Waals surface area contributed by atoms with Gasteiger partial charge in [-0.15, -0.1) is 0 Å². The van der Waals surface area contributed by atoms with Crippen LogP contribution in [-0.2, 0) is 6.42 Å². The van der Waals surface area contributed by atoms with E-state index in [1.54, 1.807) is 0 Å². The van der Waals surface area contributed by atoms with Crippen LogP contribution in [0, 0.1) is 27.7 Å². The highest BCUT2D eigenvalue weighted by molar-refractivity contribution is 5.42. The van der Waals surface area contributed by atoms with Gasteiger partial charge in [-0.1, -0.05) is 6.92 Å². The lowest BCUT2D eigenvalue weighted by Gasteiger charge is -2.18. The average molecular weight is 284 g/mol. The molecule has 0 amide bonds. The van der Waals surface area contributed by atoms with Crippen molar-refractivity contribution in [2.45, 2.75) is 38.6 Å². The van der Waals surface area contributed by atoms with Gasteiger partial charge in [0.1, 0.15) is 5.82 Å². The number of nitro groups is 1. The van der Waals surface area contributed by atoms with Crippen LogP contribution in [0.2, 0.25) is 0 Å². The summed E-state index contributed by atoms with van der Waals surface area (Å²) in [6.45, 7) is 2.83. The predicted octanol–water partition coefficient (Wildman–Crippen LogP) is 3.19. The molecular formula is C14H18F2N2O2. The molecular weight excluding hydrogens is 266 g/mol. The zero-order valence-electron chi connectivity index (χ0n) is 11.4. The minimum Gasteiger partial charge on any atom is -0.313 e. The maximum Gasteiger partial charge on any atom is 0.308 e. The first-order valence-corrected chi connectivity index (χ1v) is 6.88. The van der Waals surface area contributed by atoms with Gasteiger partial charge >= 0.3 is 5.69 Å². The quantitative estimate of drug-likeness (QED) is 0.618. The van der Waals surface area contributed by atoms with E-state index in [0.29, 0.717) is 12.0 Å². The molecule has 20 heavy (non-hydrogen) atoms. The van der Waals surface area contributed by atoms with E-state index in [1.807, 2.05) is 6.92 Å². The smallest absolute Gasteiger partial charge is 0.308 e. The number of benzene rings is 1. The lowest BCUT2D eigenvalue weighted by Crippen LogP contribution is -2.34. The molecule has 0 heterocycles. The number of halogens is 2. The fourth-order valence-electron chi connectivity index (χ4n) is 2.45. The first kappa shape index (κ1) is 14.8. The Morgan fingerprint density at radius 3 is 2.70 bits per heavy atom. The van der Waals surface area contributed by atoms with Crippen molar-refractivity contribution < 1.29 is 13.7 Å². The molecule has 1 unspecified atom stereocenters. The molecule has 2 rings (SSSR count). The fraction of sp³-hybridized carbons (Fsp3) is 0.571. The standard InChI is InChI=1S/C14H18F2N2O2/c1-2-5-17-13(9-3-4-9)7-10-6-11(15)8-12(16)14(10)18(19)20/h6,8-9,13,17H,2-5,7H2,1H3. The summed E-state index contributed by atoms with van der Waals surface area (Å²) >= 11 is 0. The maximum atomic E-state index is 13.6. The van der Waals surface area contributed by atoms with Gasteiger partial charge in [-0.05, 0) is 44.2 Å². The van der Waals surface area contributed by atoms with Crippen molar-refractivity contribution in [2.75, 3.05) is 6.54 Å². The number of nitrogens with one attached hydrogen (secondary N) is 1. The van der Waals surface area contributed by atoms with E-state index in [2.05, 4.69) is 5.32 Å². The van der Waals surface area contributed by atoms with E-state index >= 15 is 0 Å². The van der Waals surface area contributed by atoms with Crippen molar-refractivity contribution in [3.05, 3.63) is 39.4 Å². The van der Waals surface area contributed by atoms with Gasteiger partial charge in [-0.25, -0.2) is 4.39 Å². The molecule has 1 fully saturated rings. The molecule has 6 heteroatoms. The van der Waals surface area contributed by atoms with Crippen LogP contribution in [-0.4, -0.2) is 17.5 Å². The molecule has 1 aromatic carbocycles. The monoisotopic (exact) mass is 284 g/mol. The summed E-state index contributed by atoms with van der Waals surface area (Å²) in [7, 11) is 0. The Bertz CT molecular complexity index is 504. The van der Waals surface area contributed by atoms with Crippen LogP contribution in [0.25, 0.3) is 0 Å². The summed E-state index contributed by atoms with van der Waals surface area (Å²) in [5.74, 6) is -1.42. The van der Waals surface area contributed by atoms with E-state index in [-0.39, 0.29) is 18.0 Å². The molecule has 0 spiro atoms. The summed E-state index contributed by atoms with van der Waals surface area (Å²) in [5, 5.41) is 14.3. The molecule has 0 radical (unpaired) electrons. The first-order valence-electron chi connectivity index (χ1n) is 6.88. The van der Waals surface area contributed by atoms with Gasteiger partial charge < -0.3 is 5.32 Å². The first-order chi connectivity index (χ1) is 9.52. The number of hydrogen-bond acceptors (Lipinski definition) is 3. The van der Waals surface area contributed by atoms with E-state index in [4.69, 9.17) is 0 Å². The van der Waals surface area contributed by atoms with Crippen molar-refractivity contribution in [1.29, 1.82) is 0 Å². The van der Waals surface area contributed by atoms with Crippen molar-refractivity contribution in [1.82, 2.24) is 5.32 Å². The van der Waals surface area contributed by atoms with E-state index in [1.165, 1.54) is 0 Å². The summed E-state index contributed by atoms with van der Waals surface area (Å²) in [5.41, 5.74) is -0.469. The summed E-state index contributed by atoms with van der Waals surface area (Å²) in [6, 6.07) is 1.69. The molecule has 110 valence electrons. The lowest BCUT2D eigenvalue weighted by atomic mass is 10.00. The van der Waals surface area contributed by atoms with Gasteiger partial charge in [-0.3, -0.25) is 10.1 Å². The normalized spacial score (nSPS) is 16.1. The fourth-order valence-corrected chi connectivity index (χ4v) is 2.45. The van der Waals surface area contributed by atoms with Gasteiger partial charge in [-0.2, -0.15) is 4.39 Å². The van der Waals surface area contributed by atoms with E-state index in [9.17, 15) is 18.9 Å². The van der Waals surface area contributed by atoms with Crippen LogP contribution in [0.4, 0.5) is 14.5 Å². The highest BCUT2D eigenvalue weighted by Gasteiger charge is 2.33. The third-order valence-electron chi connectivity index (χ3n) is 3.58. The molecule has 1 aromatic rings. The molecule has 0 bridgehead atoms. The topological polar surface area (TPSA) is 55.2 Å². The minimum atomic E-state index is -1.10. The van der Waals surface area contributed by atoms with Crippen molar-refractivity contribution in [2.24, 2.45) is 5.92 Å². The van der Waals surface area contributed by atoms with Crippen molar-refractivity contribution in [3.8, 4) is 0 Å². The molecule has 1 N–H and O–H groups in total. The number of nitrogens with zero attached hydrogens (tertiary/aromatic N) is 1. The van der Waals surface area contributed by atoms with Crippen molar-refractivity contribution >= 4 is 5.69 Å². The van der Waals surface area contributed by atoms with Gasteiger partial charge in [0, 0.05) is 17.7 Å². The lowest BCUT2D eigenvalue weighted by molar-refractivity contribution is -0.388. The van der Waals surface area contributed by atoms with Gasteiger partial charge in [0.15, 0.2) is 0 Å². The molecule has 0 saturated heterocycles. The molecule has 1 aliphatic carbocycles. The van der Waals surface area contributed by atoms with E-state index < -0.39 is 22.2 Å². The van der Waals surface area contributed by atoms with Crippen molar-refractivity contribution in [3.63, 3.8) is 0 Å². The van der Waals surface area contributed by atoms with Crippen LogP contribution in [0.15, 0.2) is 12.1 Å². The van der Waals surface area contributed by atoms with Gasteiger partial charge in [0.25, 0.3) is 0 Å². The van der Waals surface area contributed by atoms with Crippen LogP contribution >= 0.6 is 0 Å². The Morgan fingerprint density at radius 2 is 2.15 bits per heavy atom. The Kier molecular flexibility index (Phi) is 4.65. The third-order valence-corrected chi connectivity index (χ3v) is 3.58. The Morgan fingerprint density at radius 1 is 1.45 bits per heavy atom. The minimum absolute atomic E-state index is 0.0508. The molecule has 1 aliphatic rings. The second-order valence-electron chi connectivity index (χ2n) is 5.25. The highest BCUT2D eigenvalue weighted by Crippen LogP contribution is 2.36. The Balaban J connectivity index is 2.23.